The second-order valence-electron chi connectivity index (χ2n) is 21.9. The van der Waals surface area contributed by atoms with Crippen LogP contribution in [-0.4, -0.2) is 194 Å². The largest absolute Gasteiger partial charge is 0.465 e. The first-order valence-electron chi connectivity index (χ1n) is 26.4. The van der Waals surface area contributed by atoms with Crippen LogP contribution in [0, 0.1) is 23.6 Å². The van der Waals surface area contributed by atoms with Crippen LogP contribution in [0.25, 0.3) is 21.3 Å². The van der Waals surface area contributed by atoms with Crippen LogP contribution < -0.4 is 20.9 Å². The highest BCUT2D eigenvalue weighted by molar-refractivity contribution is 9.10. The van der Waals surface area contributed by atoms with Crippen molar-refractivity contribution in [2.75, 3.05) is 116 Å². The zero-order valence-corrected chi connectivity index (χ0v) is 49.4. The summed E-state index contributed by atoms with van der Waals surface area (Å²) in [5.41, 5.74) is 3.72. The molecule has 78 heavy (non-hydrogen) atoms. The minimum atomic E-state index is -0.985. The SMILES string of the molecule is Cc1ncsc1-c1ccc([C@H](C)NC(=O)[C@@H]2C[C@@H](O)CN2C(=O)[C@@H](NC(=O)COCCOCCOCCOCCN(C)CCCNc2nc(N3CCN(C(=O)O)C(C(C)(C)C)C3)c3cc(Cl)c(Br)c(F)c3n2)C(C)(C)C)cc1. The molecule has 430 valence electrons. The Kier molecular flexibility index (Phi) is 22.8. The third-order valence-electron chi connectivity index (χ3n) is 13.8. The Labute approximate surface area is 474 Å². The van der Waals surface area contributed by atoms with E-state index in [9.17, 15) is 29.4 Å². The van der Waals surface area contributed by atoms with Crippen LogP contribution in [0.4, 0.5) is 21.0 Å². The number of likely N-dealkylation sites (tertiary alicyclic amines) is 1. The summed E-state index contributed by atoms with van der Waals surface area (Å²) in [5.74, 6) is -1.19. The molecule has 5 atom stereocenters. The summed E-state index contributed by atoms with van der Waals surface area (Å²) < 4.78 is 38.3. The second kappa shape index (κ2) is 28.5. The van der Waals surface area contributed by atoms with Gasteiger partial charge in [-0.15, -0.1) is 11.3 Å². The van der Waals surface area contributed by atoms with E-state index in [2.05, 4.69) is 46.7 Å². The number of amides is 4. The van der Waals surface area contributed by atoms with Gasteiger partial charge >= 0.3 is 6.09 Å². The first-order chi connectivity index (χ1) is 36.9. The Bertz CT molecular complexity index is 2660. The van der Waals surface area contributed by atoms with Crippen LogP contribution in [-0.2, 0) is 33.3 Å². The maximum absolute atomic E-state index is 15.6. The molecule has 24 heteroatoms. The molecule has 4 aromatic rings. The first-order valence-corrected chi connectivity index (χ1v) is 28.4. The number of rotatable bonds is 26. The Morgan fingerprint density at radius 3 is 2.19 bits per heavy atom. The van der Waals surface area contributed by atoms with Gasteiger partial charge in [-0.05, 0) is 77.8 Å². The lowest BCUT2D eigenvalue weighted by molar-refractivity contribution is -0.144. The van der Waals surface area contributed by atoms with Crippen molar-refractivity contribution in [2.24, 2.45) is 10.8 Å². The Balaban J connectivity index is 0.822. The summed E-state index contributed by atoms with van der Waals surface area (Å²) in [6.45, 7) is 20.2. The number of nitrogens with one attached hydrogen (secondary N) is 3. The monoisotopic (exact) mass is 1190 g/mol. The van der Waals surface area contributed by atoms with Crippen LogP contribution >= 0.6 is 38.9 Å². The van der Waals surface area contributed by atoms with Crippen LogP contribution in [0.1, 0.15) is 78.6 Å². The van der Waals surface area contributed by atoms with Crippen LogP contribution in [0.15, 0.2) is 40.3 Å². The number of thiazole rings is 1. The fourth-order valence-electron chi connectivity index (χ4n) is 9.35. The number of nitrogens with zero attached hydrogens (tertiary/aromatic N) is 7. The molecular formula is C54H77BrClFN10O10S. The second-order valence-corrected chi connectivity index (χ2v) is 24.0. The van der Waals surface area contributed by atoms with E-state index in [0.717, 1.165) is 34.7 Å². The van der Waals surface area contributed by atoms with Crippen LogP contribution in [0.3, 0.4) is 0 Å². The van der Waals surface area contributed by atoms with Crippen molar-refractivity contribution >= 4 is 85.4 Å². The number of carbonyl (C=O) groups is 4. The molecule has 2 saturated heterocycles. The maximum Gasteiger partial charge on any atom is 0.407 e. The Morgan fingerprint density at radius 1 is 0.923 bits per heavy atom. The van der Waals surface area contributed by atoms with Gasteiger partial charge in [0.1, 0.15) is 30.0 Å². The van der Waals surface area contributed by atoms with Gasteiger partial charge in [-0.2, -0.15) is 4.98 Å². The molecule has 0 spiro atoms. The third-order valence-corrected chi connectivity index (χ3v) is 16.0. The quantitative estimate of drug-likeness (QED) is 0.0315. The topological polar surface area (TPSA) is 233 Å². The van der Waals surface area contributed by atoms with Crippen molar-refractivity contribution in [3.05, 3.63) is 62.4 Å². The van der Waals surface area contributed by atoms with E-state index in [4.69, 9.17) is 35.5 Å². The molecule has 0 aliphatic carbocycles. The molecule has 2 aliphatic rings. The number of halogens is 3. The highest BCUT2D eigenvalue weighted by atomic mass is 79.9. The predicted octanol–water partition coefficient (Wildman–Crippen LogP) is 7.00. The molecule has 4 amide bonds. The number of hydrogen-bond donors (Lipinski definition) is 5. The van der Waals surface area contributed by atoms with Gasteiger partial charge in [0.05, 0.1) is 90.0 Å². The van der Waals surface area contributed by atoms with E-state index in [1.165, 1.54) is 9.80 Å². The van der Waals surface area contributed by atoms with Gasteiger partial charge in [0.15, 0.2) is 5.82 Å². The molecule has 2 aromatic heterocycles. The predicted molar refractivity (Wildman–Crippen MR) is 303 cm³/mol. The number of anilines is 2. The number of piperazine rings is 1. The highest BCUT2D eigenvalue weighted by Gasteiger charge is 2.45. The molecule has 1 unspecified atom stereocenters. The number of carboxylic acid groups (broad SMARTS) is 1. The average molecular weight is 1190 g/mol. The highest BCUT2D eigenvalue weighted by Crippen LogP contribution is 2.38. The normalized spacial score (nSPS) is 17.9. The van der Waals surface area contributed by atoms with Gasteiger partial charge in [-0.1, -0.05) is 77.4 Å². The van der Waals surface area contributed by atoms with Crippen molar-refractivity contribution < 1.29 is 52.7 Å². The zero-order chi connectivity index (χ0) is 56.9. The number of aromatic nitrogens is 3. The molecule has 2 aliphatic heterocycles. The summed E-state index contributed by atoms with van der Waals surface area (Å²) in [6, 6.07) is 6.95. The van der Waals surface area contributed by atoms with Gasteiger partial charge < -0.3 is 64.7 Å². The van der Waals surface area contributed by atoms with E-state index < -0.39 is 47.3 Å². The molecule has 0 bridgehead atoms. The zero-order valence-electron chi connectivity index (χ0n) is 46.2. The molecule has 5 N–H and O–H groups in total. The lowest BCUT2D eigenvalue weighted by atomic mass is 9.84. The van der Waals surface area contributed by atoms with Crippen molar-refractivity contribution in [3.63, 3.8) is 0 Å². The fraction of sp³-hybridized carbons (Fsp3) is 0.611. The van der Waals surface area contributed by atoms with Crippen molar-refractivity contribution in [3.8, 4) is 10.4 Å². The minimum absolute atomic E-state index is 0.0328. The molecule has 20 nitrogen and oxygen atoms in total. The summed E-state index contributed by atoms with van der Waals surface area (Å²) in [6.07, 6.45) is -1.05. The number of carbonyl (C=O) groups excluding carboxylic acids is 3. The summed E-state index contributed by atoms with van der Waals surface area (Å²) >= 11 is 11.2. The van der Waals surface area contributed by atoms with Gasteiger partial charge in [0.2, 0.25) is 23.7 Å². The third kappa shape index (κ3) is 17.1. The number of aliphatic hydroxyl groups is 1. The van der Waals surface area contributed by atoms with Crippen LogP contribution in [0.2, 0.25) is 5.02 Å². The van der Waals surface area contributed by atoms with Crippen molar-refractivity contribution in [1.82, 2.24) is 40.3 Å². The molecule has 0 radical (unpaired) electrons. The first kappa shape index (κ1) is 62.3. The lowest BCUT2D eigenvalue weighted by Crippen LogP contribution is -2.59. The molecule has 2 fully saturated rings. The van der Waals surface area contributed by atoms with E-state index in [1.807, 2.05) is 97.1 Å². The standard InChI is InChI=1S/C54H77BrClFN10O10S/c1-33(35-11-13-36(14-12-35)46-34(2)59-32-78-46)60-49(70)40-27-37(68)29-67(40)50(71)47(54(6,7)8)61-42(69)31-77-26-25-76-24-23-75-22-21-74-20-19-64(9)16-10-15-58-51-62-45-38(28-39(56)43(55)44(45)57)48(63-51)65-17-18-66(52(72)73)41(30-65)53(3,4)5/h11-14,28,32-33,37,40-41,47,68H,10,15-27,29-31H2,1-9H3,(H,60,70)(H,61,69)(H,72,73)(H,58,62,63)/t33-,37+,40-,41?,47+/m0/s1. The van der Waals surface area contributed by atoms with Gasteiger partial charge in [-0.3, -0.25) is 14.4 Å². The molecule has 0 saturated carbocycles. The van der Waals surface area contributed by atoms with Gasteiger partial charge in [0.25, 0.3) is 0 Å². The van der Waals surface area contributed by atoms with Gasteiger partial charge in [-0.25, -0.2) is 19.2 Å². The molecular weight excluding hydrogens is 1120 g/mol. The summed E-state index contributed by atoms with van der Waals surface area (Å²) in [7, 11) is 2.00. The molecule has 4 heterocycles. The Hall–Kier alpha value is -4.85. The molecule has 2 aromatic carbocycles. The van der Waals surface area contributed by atoms with Crippen molar-refractivity contribution in [2.45, 2.75) is 98.5 Å². The number of ether oxygens (including phenoxy) is 4. The summed E-state index contributed by atoms with van der Waals surface area (Å²) in [4.78, 5) is 74.5. The number of β-amino-alcohol motifs (C(OH)–C–C–N with tert-alkyl or cyclic N) is 1. The average Bonchev–Trinajstić information content (AvgIpc) is 4.02. The maximum atomic E-state index is 15.6. The number of fused-ring (bicyclic) bond motifs is 1. The van der Waals surface area contributed by atoms with E-state index >= 15 is 4.39 Å². The molecule has 6 rings (SSSR count). The fourth-order valence-corrected chi connectivity index (χ4v) is 10.7. The number of aryl methyl sites for hydroxylation is 1. The number of likely N-dealkylation sites (N-methyl/N-ethyl adjacent to an activating group) is 1. The summed E-state index contributed by atoms with van der Waals surface area (Å²) in [5, 5.41) is 30.2. The smallest absolute Gasteiger partial charge is 0.407 e. The lowest BCUT2D eigenvalue weighted by Gasteiger charge is -2.46. The van der Waals surface area contributed by atoms with Crippen LogP contribution in [0.5, 0.6) is 0 Å². The Morgan fingerprint density at radius 2 is 1.58 bits per heavy atom. The number of aliphatic hydroxyl groups excluding tert-OH is 1. The van der Waals surface area contributed by atoms with E-state index in [1.54, 1.807) is 17.4 Å². The minimum Gasteiger partial charge on any atom is -0.465 e. The number of hydrogen-bond acceptors (Lipinski definition) is 16. The van der Waals surface area contributed by atoms with E-state index in [-0.39, 0.29) is 83.7 Å². The number of benzene rings is 2. The van der Waals surface area contributed by atoms with Gasteiger partial charge in [0, 0.05) is 51.1 Å². The van der Waals surface area contributed by atoms with E-state index in [0.29, 0.717) is 70.4 Å². The van der Waals surface area contributed by atoms with Crippen molar-refractivity contribution in [1.29, 1.82) is 0 Å².